The molecule has 1 aromatic rings. The number of unbranched alkanes of at least 4 members (excludes halogenated alkanes) is 1. The summed E-state index contributed by atoms with van der Waals surface area (Å²) in [6.07, 6.45) is 0.248. The minimum Gasteiger partial charge on any atom is -0.449 e. The zero-order chi connectivity index (χ0) is 38.5. The molecule has 14 heteroatoms. The predicted molar refractivity (Wildman–Crippen MR) is 193 cm³/mol. The van der Waals surface area contributed by atoms with Gasteiger partial charge in [0.2, 0.25) is 23.5 Å². The SMILES string of the molecule is CCCCC(NC(=O)[C@@H]1C[C@@H](OC(C)(C)C)CN1C(=O)[C@@H](NC(=O)OCC(C)C)C(C)(C)C)C(=O)C(=O)NCC(=O)N[C@H](CN)c1ccccc1. The fourth-order valence-corrected chi connectivity index (χ4v) is 5.65. The number of rotatable bonds is 17. The molecular weight excluding hydrogens is 656 g/mol. The number of ether oxygens (including phenoxy) is 2. The number of nitrogens with one attached hydrogen (secondary N) is 4. The van der Waals surface area contributed by atoms with E-state index in [-0.39, 0.29) is 38.5 Å². The van der Waals surface area contributed by atoms with E-state index in [9.17, 15) is 28.8 Å². The number of alkyl carbamates (subject to hydrolysis) is 1. The summed E-state index contributed by atoms with van der Waals surface area (Å²) in [5.41, 5.74) is 5.29. The third-order valence-corrected chi connectivity index (χ3v) is 8.18. The predicted octanol–water partition coefficient (Wildman–Crippen LogP) is 2.74. The molecule has 14 nitrogen and oxygen atoms in total. The van der Waals surface area contributed by atoms with E-state index in [1.165, 1.54) is 4.90 Å². The van der Waals surface area contributed by atoms with Gasteiger partial charge in [-0.2, -0.15) is 0 Å². The molecule has 1 aliphatic rings. The summed E-state index contributed by atoms with van der Waals surface area (Å²) in [5.74, 6) is -3.52. The van der Waals surface area contributed by atoms with Crippen molar-refractivity contribution in [2.24, 2.45) is 17.1 Å². The Labute approximate surface area is 302 Å². The van der Waals surface area contributed by atoms with Crippen LogP contribution in [0.15, 0.2) is 30.3 Å². The molecule has 0 spiro atoms. The molecule has 0 bridgehead atoms. The van der Waals surface area contributed by atoms with Crippen molar-refractivity contribution in [3.05, 3.63) is 35.9 Å². The summed E-state index contributed by atoms with van der Waals surface area (Å²) in [4.78, 5) is 81.3. The van der Waals surface area contributed by atoms with Crippen LogP contribution < -0.4 is 27.0 Å². The third-order valence-electron chi connectivity index (χ3n) is 8.18. The minimum absolute atomic E-state index is 0.0689. The molecule has 6 N–H and O–H groups in total. The molecular formula is C37H60N6O8. The summed E-state index contributed by atoms with van der Waals surface area (Å²) in [5, 5.41) is 10.5. The first-order chi connectivity index (χ1) is 23.8. The molecule has 1 unspecified atom stereocenters. The van der Waals surface area contributed by atoms with E-state index in [1.807, 2.05) is 71.9 Å². The van der Waals surface area contributed by atoms with Gasteiger partial charge in [-0.3, -0.25) is 24.0 Å². The highest BCUT2D eigenvalue weighted by Crippen LogP contribution is 2.29. The first kappa shape index (κ1) is 43.1. The van der Waals surface area contributed by atoms with Crippen LogP contribution in [0.4, 0.5) is 4.79 Å². The van der Waals surface area contributed by atoms with Gasteiger partial charge in [0, 0.05) is 19.5 Å². The Morgan fingerprint density at radius 1 is 0.961 bits per heavy atom. The van der Waals surface area contributed by atoms with Crippen molar-refractivity contribution in [2.45, 2.75) is 124 Å². The van der Waals surface area contributed by atoms with E-state index in [0.717, 1.165) is 5.56 Å². The van der Waals surface area contributed by atoms with Crippen LogP contribution in [0.25, 0.3) is 0 Å². The van der Waals surface area contributed by atoms with Crippen molar-refractivity contribution in [3.8, 4) is 0 Å². The summed E-state index contributed by atoms with van der Waals surface area (Å²) >= 11 is 0. The van der Waals surface area contributed by atoms with Crippen molar-refractivity contribution >= 4 is 35.5 Å². The van der Waals surface area contributed by atoms with E-state index in [4.69, 9.17) is 15.2 Å². The molecule has 1 aliphatic heterocycles. The smallest absolute Gasteiger partial charge is 0.407 e. The molecule has 1 aromatic carbocycles. The normalized spacial score (nSPS) is 18.0. The van der Waals surface area contributed by atoms with Crippen LogP contribution in [0.1, 0.15) is 99.6 Å². The van der Waals surface area contributed by atoms with E-state index in [0.29, 0.717) is 12.8 Å². The number of ketones is 1. The Bertz CT molecular complexity index is 1340. The van der Waals surface area contributed by atoms with Crippen molar-refractivity contribution in [3.63, 3.8) is 0 Å². The first-order valence-electron chi connectivity index (χ1n) is 17.9. The molecule has 0 aromatic heterocycles. The maximum Gasteiger partial charge on any atom is 0.407 e. The molecule has 5 amide bonds. The van der Waals surface area contributed by atoms with Crippen LogP contribution >= 0.6 is 0 Å². The monoisotopic (exact) mass is 716 g/mol. The number of nitrogens with zero attached hydrogens (tertiary/aromatic N) is 1. The summed E-state index contributed by atoms with van der Waals surface area (Å²) in [7, 11) is 0. The molecule has 51 heavy (non-hydrogen) atoms. The average Bonchev–Trinajstić information content (AvgIpc) is 3.47. The van der Waals surface area contributed by atoms with Crippen molar-refractivity contribution < 1.29 is 38.2 Å². The maximum absolute atomic E-state index is 14.2. The van der Waals surface area contributed by atoms with Gasteiger partial charge in [0.15, 0.2) is 0 Å². The zero-order valence-corrected chi connectivity index (χ0v) is 31.8. The summed E-state index contributed by atoms with van der Waals surface area (Å²) < 4.78 is 11.5. The highest BCUT2D eigenvalue weighted by atomic mass is 16.5. The highest BCUT2D eigenvalue weighted by molar-refractivity contribution is 6.38. The van der Waals surface area contributed by atoms with Crippen molar-refractivity contribution in [1.82, 2.24) is 26.2 Å². The number of hydrogen-bond donors (Lipinski definition) is 5. The zero-order valence-electron chi connectivity index (χ0n) is 31.8. The van der Waals surface area contributed by atoms with E-state index >= 15 is 0 Å². The lowest BCUT2D eigenvalue weighted by molar-refractivity contribution is -0.144. The van der Waals surface area contributed by atoms with E-state index < -0.39 is 83.3 Å². The molecule has 1 heterocycles. The number of carbonyl (C=O) groups excluding carboxylic acids is 6. The van der Waals surface area contributed by atoms with Crippen LogP contribution in [0.5, 0.6) is 0 Å². The average molecular weight is 717 g/mol. The number of amides is 5. The third kappa shape index (κ3) is 14.2. The fourth-order valence-electron chi connectivity index (χ4n) is 5.65. The maximum atomic E-state index is 14.2. The van der Waals surface area contributed by atoms with Gasteiger partial charge in [-0.05, 0) is 44.1 Å². The summed E-state index contributed by atoms with van der Waals surface area (Å²) in [6, 6.07) is 5.32. The lowest BCUT2D eigenvalue weighted by Crippen LogP contribution is -2.59. The fraction of sp³-hybridized carbons (Fsp3) is 0.676. The molecule has 5 atom stereocenters. The van der Waals surface area contributed by atoms with Crippen LogP contribution in [0.2, 0.25) is 0 Å². The number of Topliss-reactive ketones (excluding diaryl/α,β-unsaturated/α-hetero) is 1. The van der Waals surface area contributed by atoms with E-state index in [1.54, 1.807) is 20.8 Å². The van der Waals surface area contributed by atoms with Crippen LogP contribution in [-0.2, 0) is 33.4 Å². The van der Waals surface area contributed by atoms with Gasteiger partial charge in [0.25, 0.3) is 5.91 Å². The Morgan fingerprint density at radius 3 is 2.16 bits per heavy atom. The number of hydrogen-bond acceptors (Lipinski definition) is 9. The topological polar surface area (TPSA) is 198 Å². The lowest BCUT2D eigenvalue weighted by Gasteiger charge is -2.35. The van der Waals surface area contributed by atoms with Crippen molar-refractivity contribution in [1.29, 1.82) is 0 Å². The van der Waals surface area contributed by atoms with Gasteiger partial charge in [-0.15, -0.1) is 0 Å². The van der Waals surface area contributed by atoms with Crippen LogP contribution in [0, 0.1) is 11.3 Å². The van der Waals surface area contributed by atoms with E-state index in [2.05, 4.69) is 21.3 Å². The quantitative estimate of drug-likeness (QED) is 0.151. The minimum atomic E-state index is -1.20. The largest absolute Gasteiger partial charge is 0.449 e. The number of benzene rings is 1. The molecule has 0 aliphatic carbocycles. The molecule has 0 radical (unpaired) electrons. The first-order valence-corrected chi connectivity index (χ1v) is 17.9. The Kier molecular flexibility index (Phi) is 16.5. The van der Waals surface area contributed by atoms with Gasteiger partial charge in [-0.1, -0.05) is 84.7 Å². The van der Waals surface area contributed by atoms with Gasteiger partial charge in [0.1, 0.15) is 12.1 Å². The van der Waals surface area contributed by atoms with Gasteiger partial charge >= 0.3 is 6.09 Å². The highest BCUT2D eigenvalue weighted by Gasteiger charge is 2.47. The van der Waals surface area contributed by atoms with Gasteiger partial charge in [0.05, 0.1) is 36.9 Å². The Balaban J connectivity index is 2.24. The number of likely N-dealkylation sites (tertiary alicyclic amines) is 1. The second-order valence-corrected chi connectivity index (χ2v) is 15.5. The Hall–Kier alpha value is -4.04. The number of carbonyl (C=O) groups is 6. The standard InChI is InChI=1S/C37H60N6O8/c1-10-11-17-26(30(45)33(47)39-20-29(44)40-27(19-38)24-15-13-12-14-16-24)41-32(46)28-18-25(51-37(7,8)9)21-43(28)34(48)31(36(4,5)6)42-35(49)50-22-23(2)3/h12-16,23,25-28,31H,10-11,17-22,38H2,1-9H3,(H,39,47)(H,40,44)(H,41,46)(H,42,49)/t25-,26?,27-,28+,31-/m1/s1. The van der Waals surface area contributed by atoms with Crippen molar-refractivity contribution in [2.75, 3.05) is 26.2 Å². The molecule has 0 saturated carbocycles. The van der Waals surface area contributed by atoms with Crippen LogP contribution in [-0.4, -0.2) is 96.5 Å². The number of nitrogens with two attached hydrogens (primary N) is 1. The lowest BCUT2D eigenvalue weighted by atomic mass is 9.85. The molecule has 286 valence electrons. The van der Waals surface area contributed by atoms with Gasteiger partial charge in [-0.25, -0.2) is 4.79 Å². The van der Waals surface area contributed by atoms with Gasteiger partial charge < -0.3 is 41.4 Å². The molecule has 1 saturated heterocycles. The second-order valence-electron chi connectivity index (χ2n) is 15.5. The summed E-state index contributed by atoms with van der Waals surface area (Å²) in [6.45, 7) is 16.6. The van der Waals surface area contributed by atoms with Crippen LogP contribution in [0.3, 0.4) is 0 Å². The molecule has 1 fully saturated rings. The molecule has 2 rings (SSSR count). The second kappa shape index (κ2) is 19.5. The Morgan fingerprint density at radius 2 is 1.61 bits per heavy atom.